The number of carbonyl (C=O) groups excluding carboxylic acids is 2. The van der Waals surface area contributed by atoms with Gasteiger partial charge in [0, 0.05) is 23.3 Å². The Bertz CT molecular complexity index is 1320. The molecule has 2 heterocycles. The molecule has 0 bridgehead atoms. The molecule has 2 amide bonds. The molecular formula is C28H35N5O4. The van der Waals surface area contributed by atoms with Gasteiger partial charge in [-0.3, -0.25) is 9.59 Å². The lowest BCUT2D eigenvalue weighted by Gasteiger charge is -2.34. The second-order valence-electron chi connectivity index (χ2n) is 10.6. The highest BCUT2D eigenvalue weighted by molar-refractivity contribution is 6.09. The zero-order valence-corrected chi connectivity index (χ0v) is 21.6. The van der Waals surface area contributed by atoms with Gasteiger partial charge < -0.3 is 25.5 Å². The van der Waals surface area contributed by atoms with E-state index in [0.717, 1.165) is 53.0 Å². The van der Waals surface area contributed by atoms with E-state index in [4.69, 9.17) is 9.84 Å². The molecule has 4 N–H and O–H groups in total. The number of carbonyl (C=O) groups is 2. The molecule has 3 atom stereocenters. The first-order chi connectivity index (χ1) is 17.8. The number of benzene rings is 1. The normalized spacial score (nSPS) is 21.6. The van der Waals surface area contributed by atoms with Crippen molar-refractivity contribution in [1.29, 1.82) is 0 Å². The van der Waals surface area contributed by atoms with Gasteiger partial charge in [0.1, 0.15) is 29.9 Å². The minimum absolute atomic E-state index is 0.00332. The minimum Gasteiger partial charge on any atom is -0.493 e. The van der Waals surface area contributed by atoms with Gasteiger partial charge in [-0.15, -0.1) is 0 Å². The van der Waals surface area contributed by atoms with Crippen LogP contribution in [0.4, 0.5) is 0 Å². The smallest absolute Gasteiger partial charge is 0.255 e. The van der Waals surface area contributed by atoms with Crippen LogP contribution in [-0.2, 0) is 4.79 Å². The molecule has 2 saturated carbocycles. The highest BCUT2D eigenvalue weighted by Crippen LogP contribution is 2.37. The van der Waals surface area contributed by atoms with E-state index in [2.05, 4.69) is 38.6 Å². The molecule has 37 heavy (non-hydrogen) atoms. The number of hydrogen-bond acceptors (Lipinski definition) is 6. The molecule has 2 aliphatic carbocycles. The second kappa shape index (κ2) is 10.5. The van der Waals surface area contributed by atoms with Crippen molar-refractivity contribution in [2.45, 2.75) is 65.0 Å². The Morgan fingerprint density at radius 3 is 2.68 bits per heavy atom. The third-order valence-corrected chi connectivity index (χ3v) is 7.55. The maximum atomic E-state index is 13.5. The summed E-state index contributed by atoms with van der Waals surface area (Å²) in [5.74, 6) is 1.07. The summed E-state index contributed by atoms with van der Waals surface area (Å²) in [6.45, 7) is 6.17. The molecular weight excluding hydrogens is 470 g/mol. The standard InChI is InChI=1S/C28H35N5O4/c1-15-4-9-22(37-13-18-5-6-18)20(10-15)25-27-26(30-14-29-25)24(17(3)31-27)28(36)32-19-7-8-21(16(2)11-19)33-23(35)12-34/h4,9-10,14,16,18-19,21,31,34H,5-8,11-13H2,1-3H3,(H,32,36)(H,33,35)/t16-,19+,21-/m1/s1. The highest BCUT2D eigenvalue weighted by Gasteiger charge is 2.31. The number of aromatic nitrogens is 3. The van der Waals surface area contributed by atoms with Gasteiger partial charge in [-0.25, -0.2) is 9.97 Å². The number of aromatic amines is 1. The first-order valence-electron chi connectivity index (χ1n) is 13.1. The third kappa shape index (κ3) is 5.46. The second-order valence-corrected chi connectivity index (χ2v) is 10.6. The summed E-state index contributed by atoms with van der Waals surface area (Å²) in [6.07, 6.45) is 6.17. The number of hydrogen-bond donors (Lipinski definition) is 4. The summed E-state index contributed by atoms with van der Waals surface area (Å²) >= 11 is 0. The van der Waals surface area contributed by atoms with E-state index < -0.39 is 6.61 Å². The predicted molar refractivity (Wildman–Crippen MR) is 140 cm³/mol. The molecule has 196 valence electrons. The van der Waals surface area contributed by atoms with Crippen LogP contribution in [0.2, 0.25) is 0 Å². The lowest BCUT2D eigenvalue weighted by atomic mass is 9.82. The molecule has 5 rings (SSSR count). The largest absolute Gasteiger partial charge is 0.493 e. The summed E-state index contributed by atoms with van der Waals surface area (Å²) in [7, 11) is 0. The lowest BCUT2D eigenvalue weighted by Crippen LogP contribution is -2.48. The topological polar surface area (TPSA) is 129 Å². The van der Waals surface area contributed by atoms with Crippen molar-refractivity contribution < 1.29 is 19.4 Å². The Hall–Kier alpha value is -3.46. The molecule has 0 saturated heterocycles. The van der Waals surface area contributed by atoms with Crippen molar-refractivity contribution >= 4 is 22.8 Å². The van der Waals surface area contributed by atoms with Crippen LogP contribution < -0.4 is 15.4 Å². The van der Waals surface area contributed by atoms with Crippen molar-refractivity contribution in [3.63, 3.8) is 0 Å². The van der Waals surface area contributed by atoms with Crippen molar-refractivity contribution in [2.24, 2.45) is 11.8 Å². The quantitative estimate of drug-likeness (QED) is 0.371. The molecule has 0 unspecified atom stereocenters. The summed E-state index contributed by atoms with van der Waals surface area (Å²) in [4.78, 5) is 37.5. The number of nitrogens with one attached hydrogen (secondary N) is 3. The maximum absolute atomic E-state index is 13.5. The molecule has 2 fully saturated rings. The molecule has 0 radical (unpaired) electrons. The third-order valence-electron chi connectivity index (χ3n) is 7.55. The Balaban J connectivity index is 1.38. The monoisotopic (exact) mass is 505 g/mol. The van der Waals surface area contributed by atoms with Crippen molar-refractivity contribution in [3.05, 3.63) is 41.3 Å². The van der Waals surface area contributed by atoms with Gasteiger partial charge in [-0.05, 0) is 69.9 Å². The number of H-pyrrole nitrogens is 1. The van der Waals surface area contributed by atoms with Crippen molar-refractivity contribution in [1.82, 2.24) is 25.6 Å². The number of aliphatic hydroxyl groups is 1. The molecule has 2 aromatic heterocycles. The van der Waals surface area contributed by atoms with Crippen LogP contribution in [-0.4, -0.2) is 57.2 Å². The van der Waals surface area contributed by atoms with Crippen LogP contribution >= 0.6 is 0 Å². The van der Waals surface area contributed by atoms with E-state index in [1.165, 1.54) is 19.2 Å². The van der Waals surface area contributed by atoms with Gasteiger partial charge in [-0.2, -0.15) is 0 Å². The molecule has 0 aliphatic heterocycles. The van der Waals surface area contributed by atoms with E-state index in [-0.39, 0.29) is 29.8 Å². The molecule has 2 aliphatic rings. The van der Waals surface area contributed by atoms with Crippen LogP contribution in [0.3, 0.4) is 0 Å². The van der Waals surface area contributed by atoms with Crippen LogP contribution in [0.5, 0.6) is 5.75 Å². The molecule has 3 aromatic rings. The highest BCUT2D eigenvalue weighted by atomic mass is 16.5. The molecule has 9 nitrogen and oxygen atoms in total. The van der Waals surface area contributed by atoms with E-state index in [0.29, 0.717) is 23.6 Å². The predicted octanol–water partition coefficient (Wildman–Crippen LogP) is 3.43. The SMILES string of the molecule is Cc1ccc(OCC2CC2)c(-c2ncnc3c(C(=O)N[C@H]4CC[C@@H](NC(=O)CO)[C@H](C)C4)c(C)[nH]c23)c1. The van der Waals surface area contributed by atoms with Crippen LogP contribution in [0.1, 0.15) is 60.6 Å². The Kier molecular flexibility index (Phi) is 7.15. The van der Waals surface area contributed by atoms with E-state index in [1.54, 1.807) is 0 Å². The van der Waals surface area contributed by atoms with Gasteiger partial charge in [0.15, 0.2) is 0 Å². The Labute approximate surface area is 216 Å². The lowest BCUT2D eigenvalue weighted by molar-refractivity contribution is -0.125. The van der Waals surface area contributed by atoms with Crippen LogP contribution in [0.15, 0.2) is 24.5 Å². The number of ether oxygens (including phenoxy) is 1. The minimum atomic E-state index is -0.510. The van der Waals surface area contributed by atoms with Gasteiger partial charge in [-0.1, -0.05) is 18.6 Å². The fourth-order valence-corrected chi connectivity index (χ4v) is 5.30. The summed E-state index contributed by atoms with van der Waals surface area (Å²) in [5.41, 5.74) is 5.27. The Morgan fingerprint density at radius 2 is 1.95 bits per heavy atom. The number of fused-ring (bicyclic) bond motifs is 1. The first kappa shape index (κ1) is 25.2. The van der Waals surface area contributed by atoms with Crippen molar-refractivity contribution in [2.75, 3.05) is 13.2 Å². The van der Waals surface area contributed by atoms with E-state index in [1.807, 2.05) is 26.0 Å². The average molecular weight is 506 g/mol. The van der Waals surface area contributed by atoms with Crippen LogP contribution in [0.25, 0.3) is 22.3 Å². The van der Waals surface area contributed by atoms with Crippen LogP contribution in [0, 0.1) is 25.7 Å². The maximum Gasteiger partial charge on any atom is 0.255 e. The van der Waals surface area contributed by atoms with Gasteiger partial charge in [0.05, 0.1) is 17.7 Å². The van der Waals surface area contributed by atoms with Gasteiger partial charge in [0.2, 0.25) is 5.91 Å². The fourth-order valence-electron chi connectivity index (χ4n) is 5.30. The fraction of sp³-hybridized carbons (Fsp3) is 0.500. The summed E-state index contributed by atoms with van der Waals surface area (Å²) in [6, 6.07) is 6.09. The molecule has 0 spiro atoms. The van der Waals surface area contributed by atoms with Gasteiger partial charge in [0.25, 0.3) is 5.91 Å². The average Bonchev–Trinajstić information content (AvgIpc) is 3.64. The van der Waals surface area contributed by atoms with E-state index in [9.17, 15) is 9.59 Å². The molecule has 1 aromatic carbocycles. The summed E-state index contributed by atoms with van der Waals surface area (Å²) < 4.78 is 6.16. The van der Waals surface area contributed by atoms with Gasteiger partial charge >= 0.3 is 0 Å². The number of nitrogens with zero attached hydrogens (tertiary/aromatic N) is 2. The number of rotatable bonds is 8. The zero-order chi connectivity index (χ0) is 26.1. The van der Waals surface area contributed by atoms with Crippen molar-refractivity contribution in [3.8, 4) is 17.0 Å². The summed E-state index contributed by atoms with van der Waals surface area (Å²) in [5, 5.41) is 15.1. The van der Waals surface area contributed by atoms with E-state index >= 15 is 0 Å². The number of amides is 2. The first-order valence-corrected chi connectivity index (χ1v) is 13.1. The number of aliphatic hydroxyl groups excluding tert-OH is 1. The number of aryl methyl sites for hydroxylation is 2. The zero-order valence-electron chi connectivity index (χ0n) is 21.6. The Morgan fingerprint density at radius 1 is 1.14 bits per heavy atom. The molecule has 9 heteroatoms.